The third kappa shape index (κ3) is 1.81. The molecule has 0 unspecified atom stereocenters. The largest absolute Gasteiger partial charge is 0.0827 e. The fourth-order valence-corrected chi connectivity index (χ4v) is 1.41. The molecular formula is C8H6Cl3. The minimum atomic E-state index is 0.412. The molecule has 0 atom stereocenters. The summed E-state index contributed by atoms with van der Waals surface area (Å²) in [6.45, 7) is 3.70. The number of benzene rings is 1. The second kappa shape index (κ2) is 3.66. The van der Waals surface area contributed by atoms with Crippen LogP contribution in [-0.4, -0.2) is 0 Å². The molecule has 0 bridgehead atoms. The highest BCUT2D eigenvalue weighted by Gasteiger charge is 2.06. The van der Waals surface area contributed by atoms with Crippen molar-refractivity contribution in [2.75, 3.05) is 0 Å². The summed E-state index contributed by atoms with van der Waals surface area (Å²) in [6.07, 6.45) is 0.621. The molecule has 0 spiro atoms. The number of hydrogen-bond donors (Lipinski definition) is 0. The Morgan fingerprint density at radius 1 is 1.09 bits per heavy atom. The van der Waals surface area contributed by atoms with Crippen molar-refractivity contribution in [3.05, 3.63) is 39.7 Å². The van der Waals surface area contributed by atoms with E-state index in [4.69, 9.17) is 34.8 Å². The summed E-state index contributed by atoms with van der Waals surface area (Å²) in [4.78, 5) is 0. The van der Waals surface area contributed by atoms with Gasteiger partial charge in [-0.3, -0.25) is 0 Å². The van der Waals surface area contributed by atoms with Crippen molar-refractivity contribution in [3.63, 3.8) is 0 Å². The van der Waals surface area contributed by atoms with Gasteiger partial charge in [0.25, 0.3) is 0 Å². The van der Waals surface area contributed by atoms with Crippen LogP contribution >= 0.6 is 34.8 Å². The van der Waals surface area contributed by atoms with E-state index in [9.17, 15) is 0 Å². The molecule has 0 aliphatic rings. The Morgan fingerprint density at radius 2 is 1.73 bits per heavy atom. The smallest absolute Gasteiger partial charge is 0.0781 e. The van der Waals surface area contributed by atoms with Gasteiger partial charge in [0.05, 0.1) is 15.1 Å². The molecule has 0 saturated heterocycles. The standard InChI is InChI=1S/C8H6Cl3/c1-2-5-3-4-6(9)8(11)7(5)10/h3-4H,1-2H2. The molecule has 0 saturated carbocycles. The van der Waals surface area contributed by atoms with Crippen LogP contribution in [0.2, 0.25) is 15.1 Å². The first-order valence-electron chi connectivity index (χ1n) is 3.08. The third-order valence-corrected chi connectivity index (χ3v) is 2.72. The van der Waals surface area contributed by atoms with E-state index in [1.807, 2.05) is 6.07 Å². The Balaban J connectivity index is 3.25. The van der Waals surface area contributed by atoms with Crippen LogP contribution in [0.4, 0.5) is 0 Å². The molecule has 0 heterocycles. The summed E-state index contributed by atoms with van der Waals surface area (Å²) < 4.78 is 0. The SMILES string of the molecule is [CH2]Cc1ccc(Cl)c(Cl)c1Cl. The summed E-state index contributed by atoms with van der Waals surface area (Å²) in [7, 11) is 0. The van der Waals surface area contributed by atoms with Crippen LogP contribution in [0.25, 0.3) is 0 Å². The van der Waals surface area contributed by atoms with Crippen molar-refractivity contribution in [1.29, 1.82) is 0 Å². The van der Waals surface area contributed by atoms with Gasteiger partial charge in [-0.15, -0.1) is 0 Å². The van der Waals surface area contributed by atoms with E-state index in [1.54, 1.807) is 6.07 Å². The molecule has 0 N–H and O–H groups in total. The molecule has 0 fully saturated rings. The Hall–Kier alpha value is 0.0900. The van der Waals surface area contributed by atoms with Gasteiger partial charge in [-0.25, -0.2) is 0 Å². The molecule has 0 aliphatic heterocycles. The van der Waals surface area contributed by atoms with E-state index in [0.29, 0.717) is 21.5 Å². The van der Waals surface area contributed by atoms with Crippen molar-refractivity contribution in [3.8, 4) is 0 Å². The molecule has 1 aromatic carbocycles. The highest BCUT2D eigenvalue weighted by atomic mass is 35.5. The second-order valence-corrected chi connectivity index (χ2v) is 3.25. The van der Waals surface area contributed by atoms with Gasteiger partial charge in [-0.2, -0.15) is 0 Å². The maximum Gasteiger partial charge on any atom is 0.0781 e. The first-order valence-corrected chi connectivity index (χ1v) is 4.22. The molecule has 0 aromatic heterocycles. The van der Waals surface area contributed by atoms with Gasteiger partial charge in [0.15, 0.2) is 0 Å². The maximum absolute atomic E-state index is 5.84. The van der Waals surface area contributed by atoms with E-state index < -0.39 is 0 Å². The zero-order chi connectivity index (χ0) is 8.43. The Bertz CT molecular complexity index is 268. The monoisotopic (exact) mass is 207 g/mol. The number of hydrogen-bond acceptors (Lipinski definition) is 0. The Kier molecular flexibility index (Phi) is 3.06. The zero-order valence-corrected chi connectivity index (χ0v) is 7.97. The normalized spacial score (nSPS) is 10.2. The molecule has 1 aromatic rings. The van der Waals surface area contributed by atoms with E-state index in [2.05, 4.69) is 6.92 Å². The van der Waals surface area contributed by atoms with Crippen LogP contribution in [0.1, 0.15) is 5.56 Å². The van der Waals surface area contributed by atoms with Gasteiger partial charge in [-0.1, -0.05) is 40.9 Å². The molecule has 1 rings (SSSR count). The van der Waals surface area contributed by atoms with Gasteiger partial charge in [0.2, 0.25) is 0 Å². The third-order valence-electron chi connectivity index (χ3n) is 1.38. The van der Waals surface area contributed by atoms with Crippen LogP contribution in [0, 0.1) is 6.92 Å². The Labute approximate surface area is 81.1 Å². The van der Waals surface area contributed by atoms with Crippen molar-refractivity contribution in [2.45, 2.75) is 6.42 Å². The van der Waals surface area contributed by atoms with Crippen LogP contribution in [0.15, 0.2) is 12.1 Å². The summed E-state index contributed by atoms with van der Waals surface area (Å²) in [6, 6.07) is 3.54. The topological polar surface area (TPSA) is 0 Å². The first kappa shape index (κ1) is 9.18. The minimum absolute atomic E-state index is 0.412. The molecule has 3 heteroatoms. The lowest BCUT2D eigenvalue weighted by molar-refractivity contribution is 1.27. The Morgan fingerprint density at radius 3 is 2.27 bits per heavy atom. The van der Waals surface area contributed by atoms with Crippen LogP contribution in [0.5, 0.6) is 0 Å². The molecule has 0 nitrogen and oxygen atoms in total. The summed E-state index contributed by atoms with van der Waals surface area (Å²) >= 11 is 17.3. The molecule has 0 aliphatic carbocycles. The number of halogens is 3. The van der Waals surface area contributed by atoms with E-state index in [1.165, 1.54) is 0 Å². The van der Waals surface area contributed by atoms with Crippen LogP contribution < -0.4 is 0 Å². The molecule has 0 amide bonds. The average Bonchev–Trinajstić information content (AvgIpc) is 2.01. The summed E-state index contributed by atoms with van der Waals surface area (Å²) in [5.41, 5.74) is 0.918. The predicted molar refractivity (Wildman–Crippen MR) is 50.5 cm³/mol. The van der Waals surface area contributed by atoms with Gasteiger partial charge in [-0.05, 0) is 25.0 Å². The fraction of sp³-hybridized carbons (Fsp3) is 0.125. The zero-order valence-electron chi connectivity index (χ0n) is 5.70. The van der Waals surface area contributed by atoms with Gasteiger partial charge >= 0.3 is 0 Å². The molecule has 59 valence electrons. The quantitative estimate of drug-likeness (QED) is 0.612. The van der Waals surface area contributed by atoms with Crippen LogP contribution in [0.3, 0.4) is 0 Å². The van der Waals surface area contributed by atoms with Gasteiger partial charge in [0, 0.05) is 0 Å². The highest BCUT2D eigenvalue weighted by molar-refractivity contribution is 6.48. The minimum Gasteiger partial charge on any atom is -0.0827 e. The first-order chi connectivity index (χ1) is 5.16. The summed E-state index contributed by atoms with van der Waals surface area (Å²) in [5.74, 6) is 0. The lowest BCUT2D eigenvalue weighted by Crippen LogP contribution is -1.83. The lowest BCUT2D eigenvalue weighted by atomic mass is 10.2. The number of rotatable bonds is 1. The van der Waals surface area contributed by atoms with E-state index in [0.717, 1.165) is 5.56 Å². The second-order valence-electron chi connectivity index (χ2n) is 2.08. The lowest BCUT2D eigenvalue weighted by Gasteiger charge is -2.03. The van der Waals surface area contributed by atoms with Crippen molar-refractivity contribution in [2.24, 2.45) is 0 Å². The van der Waals surface area contributed by atoms with E-state index in [-0.39, 0.29) is 0 Å². The highest BCUT2D eigenvalue weighted by Crippen LogP contribution is 2.32. The van der Waals surface area contributed by atoms with Gasteiger partial charge in [0.1, 0.15) is 0 Å². The summed E-state index contributed by atoms with van der Waals surface area (Å²) in [5, 5.41) is 1.40. The molecule has 1 radical (unpaired) electrons. The van der Waals surface area contributed by atoms with Crippen molar-refractivity contribution < 1.29 is 0 Å². The molecule has 11 heavy (non-hydrogen) atoms. The van der Waals surface area contributed by atoms with Crippen molar-refractivity contribution in [1.82, 2.24) is 0 Å². The molecular weight excluding hydrogens is 202 g/mol. The van der Waals surface area contributed by atoms with Crippen molar-refractivity contribution >= 4 is 34.8 Å². The van der Waals surface area contributed by atoms with E-state index >= 15 is 0 Å². The fourth-order valence-electron chi connectivity index (χ4n) is 0.759. The average molecular weight is 208 g/mol. The maximum atomic E-state index is 5.84. The van der Waals surface area contributed by atoms with Gasteiger partial charge < -0.3 is 0 Å². The predicted octanol–water partition coefficient (Wildman–Crippen LogP) is 4.02. The van der Waals surface area contributed by atoms with Crippen LogP contribution in [-0.2, 0) is 6.42 Å².